The van der Waals surface area contributed by atoms with E-state index in [1.165, 1.54) is 6.42 Å². The minimum Gasteiger partial charge on any atom is -0.322 e. The lowest BCUT2D eigenvalue weighted by molar-refractivity contribution is -0.122. The Morgan fingerprint density at radius 3 is 2.69 bits per heavy atom. The van der Waals surface area contributed by atoms with Crippen molar-refractivity contribution in [2.45, 2.75) is 37.6 Å². The van der Waals surface area contributed by atoms with Gasteiger partial charge in [-0.05, 0) is 12.8 Å². The second-order valence-corrected chi connectivity index (χ2v) is 4.16. The Morgan fingerprint density at radius 1 is 1.44 bits per heavy atom. The third kappa shape index (κ3) is 2.74. The zero-order valence-corrected chi connectivity index (χ0v) is 9.85. The summed E-state index contributed by atoms with van der Waals surface area (Å²) in [5.41, 5.74) is 6.07. The number of carbonyl (C=O) groups is 1. The standard InChI is InChI=1S/C10H16N4O.ClH/c11-10(4-2-1-3-5-10)9(15)14-8-6-12-13-7-8;/h6-7H,1-5,11H2,(H,12,13)(H,14,15);1H. The van der Waals surface area contributed by atoms with Crippen LogP contribution in [0.15, 0.2) is 12.4 Å². The lowest BCUT2D eigenvalue weighted by Crippen LogP contribution is -2.52. The fourth-order valence-corrected chi connectivity index (χ4v) is 1.98. The summed E-state index contributed by atoms with van der Waals surface area (Å²) in [6.45, 7) is 0. The van der Waals surface area contributed by atoms with Gasteiger partial charge in [0.25, 0.3) is 0 Å². The summed E-state index contributed by atoms with van der Waals surface area (Å²) in [6.07, 6.45) is 8.02. The van der Waals surface area contributed by atoms with Gasteiger partial charge < -0.3 is 11.1 Å². The van der Waals surface area contributed by atoms with Crippen molar-refractivity contribution in [1.29, 1.82) is 0 Å². The largest absolute Gasteiger partial charge is 0.322 e. The molecule has 0 bridgehead atoms. The Labute approximate surface area is 101 Å². The molecular formula is C10H17ClN4O. The average molecular weight is 245 g/mol. The van der Waals surface area contributed by atoms with E-state index in [2.05, 4.69) is 15.5 Å². The van der Waals surface area contributed by atoms with Crippen molar-refractivity contribution in [3.8, 4) is 0 Å². The Morgan fingerprint density at radius 2 is 2.12 bits per heavy atom. The number of nitrogens with two attached hydrogens (primary N) is 1. The van der Waals surface area contributed by atoms with Crippen LogP contribution in [0.4, 0.5) is 5.69 Å². The molecule has 0 radical (unpaired) electrons. The molecule has 0 aromatic carbocycles. The van der Waals surface area contributed by atoms with Crippen molar-refractivity contribution in [2.75, 3.05) is 5.32 Å². The van der Waals surface area contributed by atoms with Crippen molar-refractivity contribution in [3.63, 3.8) is 0 Å². The van der Waals surface area contributed by atoms with E-state index in [-0.39, 0.29) is 18.3 Å². The predicted octanol–water partition coefficient (Wildman–Crippen LogP) is 1.43. The smallest absolute Gasteiger partial charge is 0.244 e. The van der Waals surface area contributed by atoms with Crippen LogP contribution < -0.4 is 11.1 Å². The number of aromatic amines is 1. The van der Waals surface area contributed by atoms with Crippen molar-refractivity contribution in [1.82, 2.24) is 10.2 Å². The van der Waals surface area contributed by atoms with Crippen LogP contribution >= 0.6 is 12.4 Å². The number of aromatic nitrogens is 2. The molecule has 16 heavy (non-hydrogen) atoms. The molecular weight excluding hydrogens is 228 g/mol. The monoisotopic (exact) mass is 244 g/mol. The van der Waals surface area contributed by atoms with Crippen LogP contribution in [0.3, 0.4) is 0 Å². The predicted molar refractivity (Wildman–Crippen MR) is 64.5 cm³/mol. The van der Waals surface area contributed by atoms with E-state index in [1.54, 1.807) is 12.4 Å². The highest BCUT2D eigenvalue weighted by Gasteiger charge is 2.35. The van der Waals surface area contributed by atoms with E-state index in [1.807, 2.05) is 0 Å². The third-order valence-corrected chi connectivity index (χ3v) is 2.95. The van der Waals surface area contributed by atoms with Gasteiger partial charge in [0.2, 0.25) is 5.91 Å². The van der Waals surface area contributed by atoms with Crippen molar-refractivity contribution >= 4 is 24.0 Å². The molecule has 0 spiro atoms. The van der Waals surface area contributed by atoms with Gasteiger partial charge in [0, 0.05) is 6.20 Å². The van der Waals surface area contributed by atoms with Crippen LogP contribution in [0.25, 0.3) is 0 Å². The summed E-state index contributed by atoms with van der Waals surface area (Å²) in [7, 11) is 0. The van der Waals surface area contributed by atoms with Crippen molar-refractivity contribution in [3.05, 3.63) is 12.4 Å². The first-order chi connectivity index (χ1) is 7.21. The van der Waals surface area contributed by atoms with Crippen LogP contribution in [0.2, 0.25) is 0 Å². The van der Waals surface area contributed by atoms with E-state index in [4.69, 9.17) is 5.73 Å². The maximum atomic E-state index is 11.9. The number of nitrogens with zero attached hydrogens (tertiary/aromatic N) is 1. The maximum Gasteiger partial charge on any atom is 0.244 e. The Kier molecular flexibility index (Phi) is 4.32. The van der Waals surface area contributed by atoms with Crippen LogP contribution in [0.1, 0.15) is 32.1 Å². The molecule has 0 unspecified atom stereocenters. The van der Waals surface area contributed by atoms with Crippen molar-refractivity contribution < 1.29 is 4.79 Å². The van der Waals surface area contributed by atoms with E-state index < -0.39 is 5.54 Å². The fraction of sp³-hybridized carbons (Fsp3) is 0.600. The number of halogens is 1. The topological polar surface area (TPSA) is 83.8 Å². The molecule has 0 atom stereocenters. The molecule has 1 aliphatic carbocycles. The number of nitrogens with one attached hydrogen (secondary N) is 2. The summed E-state index contributed by atoms with van der Waals surface area (Å²) < 4.78 is 0. The molecule has 4 N–H and O–H groups in total. The van der Waals surface area contributed by atoms with Gasteiger partial charge in [0.1, 0.15) is 0 Å². The zero-order valence-electron chi connectivity index (χ0n) is 9.03. The summed E-state index contributed by atoms with van der Waals surface area (Å²) in [5.74, 6) is -0.0939. The lowest BCUT2D eigenvalue weighted by Gasteiger charge is -2.31. The van der Waals surface area contributed by atoms with Gasteiger partial charge in [-0.25, -0.2) is 0 Å². The second kappa shape index (κ2) is 5.32. The first-order valence-electron chi connectivity index (χ1n) is 5.30. The van der Waals surface area contributed by atoms with Gasteiger partial charge in [0.15, 0.2) is 0 Å². The number of rotatable bonds is 2. The van der Waals surface area contributed by atoms with E-state index in [0.29, 0.717) is 5.69 Å². The molecule has 0 aliphatic heterocycles. The maximum absolute atomic E-state index is 11.9. The first-order valence-corrected chi connectivity index (χ1v) is 5.30. The highest BCUT2D eigenvalue weighted by molar-refractivity contribution is 5.97. The summed E-state index contributed by atoms with van der Waals surface area (Å²) in [6, 6.07) is 0. The second-order valence-electron chi connectivity index (χ2n) is 4.16. The quantitative estimate of drug-likeness (QED) is 0.736. The summed E-state index contributed by atoms with van der Waals surface area (Å²) in [5, 5.41) is 9.18. The number of anilines is 1. The minimum absolute atomic E-state index is 0. The zero-order chi connectivity index (χ0) is 10.7. The first kappa shape index (κ1) is 13.0. The van der Waals surface area contributed by atoms with Crippen LogP contribution in [-0.4, -0.2) is 21.6 Å². The molecule has 1 heterocycles. The van der Waals surface area contributed by atoms with Gasteiger partial charge in [-0.1, -0.05) is 19.3 Å². The molecule has 5 nitrogen and oxygen atoms in total. The SMILES string of the molecule is Cl.NC1(C(=O)Nc2cn[nH]c2)CCCCC1. The normalized spacial score (nSPS) is 18.6. The van der Waals surface area contributed by atoms with Crippen LogP contribution in [0, 0.1) is 0 Å². The van der Waals surface area contributed by atoms with Gasteiger partial charge >= 0.3 is 0 Å². The Bertz CT molecular complexity index is 333. The molecule has 2 rings (SSSR count). The molecule has 1 amide bonds. The van der Waals surface area contributed by atoms with Gasteiger partial charge in [-0.3, -0.25) is 9.89 Å². The van der Waals surface area contributed by atoms with E-state index >= 15 is 0 Å². The molecule has 1 saturated carbocycles. The van der Waals surface area contributed by atoms with Crippen LogP contribution in [-0.2, 0) is 4.79 Å². The molecule has 90 valence electrons. The highest BCUT2D eigenvalue weighted by Crippen LogP contribution is 2.26. The molecule has 1 aromatic heterocycles. The average Bonchev–Trinajstić information content (AvgIpc) is 2.71. The minimum atomic E-state index is -0.685. The number of carbonyl (C=O) groups excluding carboxylic acids is 1. The summed E-state index contributed by atoms with van der Waals surface area (Å²) >= 11 is 0. The highest BCUT2D eigenvalue weighted by atomic mass is 35.5. The van der Waals surface area contributed by atoms with Crippen LogP contribution in [0.5, 0.6) is 0 Å². The van der Waals surface area contributed by atoms with Gasteiger partial charge in [0.05, 0.1) is 17.4 Å². The lowest BCUT2D eigenvalue weighted by atomic mass is 9.82. The molecule has 6 heteroatoms. The van der Waals surface area contributed by atoms with Gasteiger partial charge in [-0.2, -0.15) is 5.10 Å². The molecule has 1 aliphatic rings. The molecule has 0 saturated heterocycles. The van der Waals surface area contributed by atoms with E-state index in [0.717, 1.165) is 25.7 Å². The summed E-state index contributed by atoms with van der Waals surface area (Å²) in [4.78, 5) is 11.9. The number of H-pyrrole nitrogens is 1. The Balaban J connectivity index is 0.00000128. The van der Waals surface area contributed by atoms with Crippen molar-refractivity contribution in [2.24, 2.45) is 5.73 Å². The number of hydrogen-bond donors (Lipinski definition) is 3. The number of hydrogen-bond acceptors (Lipinski definition) is 3. The van der Waals surface area contributed by atoms with Gasteiger partial charge in [-0.15, -0.1) is 12.4 Å². The molecule has 1 aromatic rings. The fourth-order valence-electron chi connectivity index (χ4n) is 1.98. The third-order valence-electron chi connectivity index (χ3n) is 2.95. The number of amides is 1. The molecule has 1 fully saturated rings. The Hall–Kier alpha value is -1.07. The van der Waals surface area contributed by atoms with E-state index in [9.17, 15) is 4.79 Å².